The Hall–Kier alpha value is -3.10. The zero-order valence-electron chi connectivity index (χ0n) is 16.2. The summed E-state index contributed by atoms with van der Waals surface area (Å²) < 4.78 is 29.9. The number of amides is 1. The maximum Gasteiger partial charge on any atom is 0.258 e. The molecule has 7 nitrogen and oxygen atoms in total. The van der Waals surface area contributed by atoms with Gasteiger partial charge in [-0.2, -0.15) is 4.98 Å². The van der Waals surface area contributed by atoms with E-state index in [0.717, 1.165) is 0 Å². The van der Waals surface area contributed by atoms with Crippen LogP contribution in [0.5, 0.6) is 0 Å². The number of likely N-dealkylation sites (tertiary alicyclic amines) is 1. The van der Waals surface area contributed by atoms with E-state index in [1.807, 2.05) is 11.0 Å². The average molecular weight is 409 g/mol. The van der Waals surface area contributed by atoms with Crippen molar-refractivity contribution in [3.8, 4) is 22.8 Å². The van der Waals surface area contributed by atoms with Crippen LogP contribution < -0.4 is 0 Å². The SMILES string of the molecule is O=C(c1cccc(-c2nc(-c3ccc(F)cc3)no2)c1)N1CCC2(CC1)OCCO2. The molecule has 2 aliphatic rings. The number of halogens is 1. The highest BCUT2D eigenvalue weighted by Gasteiger charge is 2.40. The molecule has 5 rings (SSSR count). The van der Waals surface area contributed by atoms with Gasteiger partial charge in [-0.15, -0.1) is 0 Å². The fourth-order valence-electron chi connectivity index (χ4n) is 3.86. The highest BCUT2D eigenvalue weighted by molar-refractivity contribution is 5.95. The number of carbonyl (C=O) groups is 1. The van der Waals surface area contributed by atoms with Crippen LogP contribution in [0.2, 0.25) is 0 Å². The van der Waals surface area contributed by atoms with Gasteiger partial charge in [-0.1, -0.05) is 11.2 Å². The molecule has 2 fully saturated rings. The van der Waals surface area contributed by atoms with Crippen LogP contribution in [0.3, 0.4) is 0 Å². The summed E-state index contributed by atoms with van der Waals surface area (Å²) in [6.07, 6.45) is 1.34. The maximum atomic E-state index is 13.1. The summed E-state index contributed by atoms with van der Waals surface area (Å²) in [5.74, 6) is -0.237. The van der Waals surface area contributed by atoms with E-state index in [9.17, 15) is 9.18 Å². The standard InChI is InChI=1S/C22H20FN3O4/c23-18-6-4-15(5-7-18)19-24-20(30-25-19)16-2-1-3-17(14-16)21(27)26-10-8-22(9-11-26)28-12-13-29-22/h1-7,14H,8-13H2. The number of nitrogens with zero attached hydrogens (tertiary/aromatic N) is 3. The lowest BCUT2D eigenvalue weighted by molar-refractivity contribution is -0.181. The van der Waals surface area contributed by atoms with E-state index < -0.39 is 5.79 Å². The summed E-state index contributed by atoms with van der Waals surface area (Å²) in [6, 6.07) is 13.0. The predicted octanol–water partition coefficient (Wildman–Crippen LogP) is 3.52. The number of piperidine rings is 1. The van der Waals surface area contributed by atoms with E-state index in [1.54, 1.807) is 30.3 Å². The van der Waals surface area contributed by atoms with Crippen molar-refractivity contribution in [3.63, 3.8) is 0 Å². The molecule has 2 aromatic carbocycles. The lowest BCUT2D eigenvalue weighted by atomic mass is 10.0. The van der Waals surface area contributed by atoms with Crippen LogP contribution in [0.15, 0.2) is 53.1 Å². The van der Waals surface area contributed by atoms with Crippen molar-refractivity contribution in [3.05, 3.63) is 59.9 Å². The van der Waals surface area contributed by atoms with E-state index >= 15 is 0 Å². The molecule has 0 aliphatic carbocycles. The second-order valence-corrected chi connectivity index (χ2v) is 7.41. The molecule has 154 valence electrons. The Morgan fingerprint density at radius 3 is 2.47 bits per heavy atom. The van der Waals surface area contributed by atoms with E-state index in [1.165, 1.54) is 12.1 Å². The van der Waals surface area contributed by atoms with Crippen molar-refractivity contribution in [1.82, 2.24) is 15.0 Å². The monoisotopic (exact) mass is 409 g/mol. The molecule has 0 unspecified atom stereocenters. The second-order valence-electron chi connectivity index (χ2n) is 7.41. The molecule has 0 bridgehead atoms. The summed E-state index contributed by atoms with van der Waals surface area (Å²) in [6.45, 7) is 2.39. The first-order valence-corrected chi connectivity index (χ1v) is 9.89. The first-order valence-electron chi connectivity index (χ1n) is 9.89. The van der Waals surface area contributed by atoms with Crippen LogP contribution in [-0.2, 0) is 9.47 Å². The zero-order valence-corrected chi connectivity index (χ0v) is 16.2. The molecular formula is C22H20FN3O4. The molecule has 1 aromatic heterocycles. The Balaban J connectivity index is 1.32. The predicted molar refractivity (Wildman–Crippen MR) is 105 cm³/mol. The van der Waals surface area contributed by atoms with Gasteiger partial charge < -0.3 is 18.9 Å². The smallest absolute Gasteiger partial charge is 0.258 e. The molecule has 8 heteroatoms. The summed E-state index contributed by atoms with van der Waals surface area (Å²) in [5, 5.41) is 3.97. The van der Waals surface area contributed by atoms with Gasteiger partial charge in [0.05, 0.1) is 13.2 Å². The lowest BCUT2D eigenvalue weighted by Crippen LogP contribution is -2.47. The summed E-state index contributed by atoms with van der Waals surface area (Å²) in [4.78, 5) is 19.2. The van der Waals surface area contributed by atoms with Crippen molar-refractivity contribution in [2.24, 2.45) is 0 Å². The summed E-state index contributed by atoms with van der Waals surface area (Å²) in [7, 11) is 0. The topological polar surface area (TPSA) is 77.7 Å². The minimum atomic E-state index is -0.515. The van der Waals surface area contributed by atoms with Crippen LogP contribution in [-0.4, -0.2) is 53.0 Å². The highest BCUT2D eigenvalue weighted by Crippen LogP contribution is 2.32. The molecule has 2 saturated heterocycles. The lowest BCUT2D eigenvalue weighted by Gasteiger charge is -2.37. The molecule has 2 aliphatic heterocycles. The molecule has 1 spiro atoms. The van der Waals surface area contributed by atoms with Gasteiger partial charge in [-0.05, 0) is 42.5 Å². The van der Waals surface area contributed by atoms with Crippen molar-refractivity contribution >= 4 is 5.91 Å². The van der Waals surface area contributed by atoms with E-state index in [2.05, 4.69) is 10.1 Å². The molecule has 0 atom stereocenters. The number of aromatic nitrogens is 2. The van der Waals surface area contributed by atoms with Gasteiger partial charge in [0, 0.05) is 42.6 Å². The van der Waals surface area contributed by atoms with E-state index in [0.29, 0.717) is 67.6 Å². The normalized spacial score (nSPS) is 18.1. The molecule has 30 heavy (non-hydrogen) atoms. The minimum absolute atomic E-state index is 0.0528. The van der Waals surface area contributed by atoms with Crippen molar-refractivity contribution < 1.29 is 23.2 Å². The maximum absolute atomic E-state index is 13.1. The van der Waals surface area contributed by atoms with E-state index in [-0.39, 0.29) is 11.7 Å². The molecular weight excluding hydrogens is 389 g/mol. The van der Waals surface area contributed by atoms with Gasteiger partial charge >= 0.3 is 0 Å². The van der Waals surface area contributed by atoms with Crippen LogP contribution in [0, 0.1) is 5.82 Å². The van der Waals surface area contributed by atoms with Crippen molar-refractivity contribution in [2.45, 2.75) is 18.6 Å². The van der Waals surface area contributed by atoms with E-state index in [4.69, 9.17) is 14.0 Å². The first kappa shape index (κ1) is 18.9. The number of benzene rings is 2. The third kappa shape index (κ3) is 3.59. The highest BCUT2D eigenvalue weighted by atomic mass is 19.1. The van der Waals surface area contributed by atoms with Crippen LogP contribution >= 0.6 is 0 Å². The third-order valence-electron chi connectivity index (χ3n) is 5.51. The Morgan fingerprint density at radius 2 is 1.73 bits per heavy atom. The van der Waals surface area contributed by atoms with Gasteiger partial charge in [-0.25, -0.2) is 4.39 Å². The minimum Gasteiger partial charge on any atom is -0.347 e. The Morgan fingerprint density at radius 1 is 1.00 bits per heavy atom. The van der Waals surface area contributed by atoms with Gasteiger partial charge in [0.15, 0.2) is 5.79 Å². The Kier molecular flexibility index (Phi) is 4.80. The molecule has 0 N–H and O–H groups in total. The largest absolute Gasteiger partial charge is 0.347 e. The van der Waals surface area contributed by atoms with Gasteiger partial charge in [0.1, 0.15) is 5.82 Å². The number of hydrogen-bond donors (Lipinski definition) is 0. The fourth-order valence-corrected chi connectivity index (χ4v) is 3.86. The first-order chi connectivity index (χ1) is 14.6. The molecule has 1 amide bonds. The van der Waals surface area contributed by atoms with Crippen molar-refractivity contribution in [2.75, 3.05) is 26.3 Å². The molecule has 0 saturated carbocycles. The van der Waals surface area contributed by atoms with Crippen LogP contribution in [0.4, 0.5) is 4.39 Å². The fraction of sp³-hybridized carbons (Fsp3) is 0.318. The number of carbonyl (C=O) groups excluding carboxylic acids is 1. The molecule has 3 heterocycles. The Bertz CT molecular complexity index is 1050. The summed E-state index contributed by atoms with van der Waals surface area (Å²) in [5.41, 5.74) is 1.85. The number of ether oxygens (including phenoxy) is 2. The second kappa shape index (κ2) is 7.62. The quantitative estimate of drug-likeness (QED) is 0.659. The average Bonchev–Trinajstić information content (AvgIpc) is 3.45. The zero-order chi connectivity index (χ0) is 20.6. The van der Waals surface area contributed by atoms with Gasteiger partial charge in [0.25, 0.3) is 11.8 Å². The van der Waals surface area contributed by atoms with Gasteiger partial charge in [0.2, 0.25) is 5.82 Å². The van der Waals surface area contributed by atoms with Crippen molar-refractivity contribution in [1.29, 1.82) is 0 Å². The molecule has 0 radical (unpaired) electrons. The molecule has 3 aromatic rings. The summed E-state index contributed by atoms with van der Waals surface area (Å²) >= 11 is 0. The Labute approximate surface area is 172 Å². The number of rotatable bonds is 3. The van der Waals surface area contributed by atoms with Crippen LogP contribution in [0.1, 0.15) is 23.2 Å². The van der Waals surface area contributed by atoms with Gasteiger partial charge in [-0.3, -0.25) is 4.79 Å². The van der Waals surface area contributed by atoms with Crippen LogP contribution in [0.25, 0.3) is 22.8 Å². The number of hydrogen-bond acceptors (Lipinski definition) is 6. The third-order valence-corrected chi connectivity index (χ3v) is 5.51.